The summed E-state index contributed by atoms with van der Waals surface area (Å²) in [6.07, 6.45) is 0. The van der Waals surface area contributed by atoms with Crippen molar-refractivity contribution in [3.8, 4) is 27.9 Å². The molecule has 0 aliphatic rings. The third-order valence-corrected chi connectivity index (χ3v) is 13.6. The molecule has 308 valence electrons. The fourth-order valence-electron chi connectivity index (χ4n) is 10.7. The first-order valence-electron chi connectivity index (χ1n) is 22.5. The summed E-state index contributed by atoms with van der Waals surface area (Å²) in [4.78, 5) is 2.48. The molecule has 4 nitrogen and oxygen atoms in total. The Morgan fingerprint density at radius 1 is 0.333 bits per heavy atom. The summed E-state index contributed by atoms with van der Waals surface area (Å²) in [7, 11) is 0. The SMILES string of the molecule is c1ccc(N(c2ccc3c(oc4ccccc43)c2-c2ccc(-n3c4ccccc4c4ccccc43)cc2)c2cc3ccccc3c3ccccc23)c(-c2cccc3oc4ccccc4c23)c1. The Morgan fingerprint density at radius 2 is 0.909 bits per heavy atom. The fraction of sp³-hybridized carbons (Fsp3) is 0. The third kappa shape index (κ3) is 5.39. The van der Waals surface area contributed by atoms with E-state index < -0.39 is 0 Å². The van der Waals surface area contributed by atoms with Gasteiger partial charge in [0.15, 0.2) is 0 Å². The maximum Gasteiger partial charge on any atom is 0.145 e. The minimum Gasteiger partial charge on any atom is -0.456 e. The molecule has 3 heterocycles. The van der Waals surface area contributed by atoms with E-state index in [0.29, 0.717) is 0 Å². The van der Waals surface area contributed by atoms with Crippen molar-refractivity contribution in [2.45, 2.75) is 0 Å². The van der Waals surface area contributed by atoms with Crippen LogP contribution in [0, 0.1) is 0 Å². The second kappa shape index (κ2) is 14.3. The molecule has 4 heteroatoms. The van der Waals surface area contributed by atoms with Gasteiger partial charge < -0.3 is 18.3 Å². The molecule has 0 saturated carbocycles. The molecule has 0 fully saturated rings. The molecule has 0 saturated heterocycles. The molecule has 3 aromatic heterocycles. The molecule has 0 aliphatic heterocycles. The number of anilines is 3. The van der Waals surface area contributed by atoms with E-state index in [1.165, 1.54) is 38.0 Å². The van der Waals surface area contributed by atoms with Crippen LogP contribution in [0.25, 0.3) is 115 Å². The van der Waals surface area contributed by atoms with E-state index >= 15 is 0 Å². The van der Waals surface area contributed by atoms with Crippen LogP contribution in [0.15, 0.2) is 239 Å². The first-order chi connectivity index (χ1) is 32.8. The van der Waals surface area contributed by atoms with Gasteiger partial charge >= 0.3 is 0 Å². The van der Waals surface area contributed by atoms with Crippen LogP contribution in [-0.4, -0.2) is 4.57 Å². The van der Waals surface area contributed by atoms with Gasteiger partial charge in [-0.25, -0.2) is 0 Å². The van der Waals surface area contributed by atoms with Crippen LogP contribution in [0.2, 0.25) is 0 Å². The predicted octanol–water partition coefficient (Wildman–Crippen LogP) is 17.7. The number of fused-ring (bicyclic) bond motifs is 12. The molecule has 66 heavy (non-hydrogen) atoms. The standard InChI is InChI=1S/C62H38N2O2/c1-2-17-42-40(16-1)38-56(44-19-4-3-18-43(42)44)64(54-28-12-7-22-47(54)49-25-15-31-59-61(49)51-24-9-14-30-58(51)65-59)55-37-36-50-48-23-8-13-29-57(48)66-62(50)60(55)39-32-34-41(35-33-39)63-52-26-10-5-20-45(52)46-21-6-11-27-53(46)63/h1-38H. The molecule has 0 atom stereocenters. The van der Waals surface area contributed by atoms with Crippen molar-refractivity contribution in [2.75, 3.05) is 4.90 Å². The zero-order valence-corrected chi connectivity index (χ0v) is 35.7. The lowest BCUT2D eigenvalue weighted by Gasteiger charge is -2.31. The normalized spacial score (nSPS) is 11.9. The monoisotopic (exact) mass is 842 g/mol. The summed E-state index contributed by atoms with van der Waals surface area (Å²) in [5, 5.41) is 11.5. The Kier molecular flexibility index (Phi) is 7.95. The maximum atomic E-state index is 7.04. The number of furan rings is 2. The van der Waals surface area contributed by atoms with Crippen molar-refractivity contribution in [1.82, 2.24) is 4.57 Å². The number of benzene rings is 11. The highest BCUT2D eigenvalue weighted by Gasteiger charge is 2.27. The maximum absolute atomic E-state index is 7.04. The van der Waals surface area contributed by atoms with Gasteiger partial charge in [-0.15, -0.1) is 0 Å². The highest BCUT2D eigenvalue weighted by Crippen LogP contribution is 2.52. The number of para-hydroxylation sites is 5. The van der Waals surface area contributed by atoms with Gasteiger partial charge in [0.2, 0.25) is 0 Å². The molecular formula is C62H38N2O2. The summed E-state index contributed by atoms with van der Waals surface area (Å²) in [5.74, 6) is 0. The summed E-state index contributed by atoms with van der Waals surface area (Å²) in [6.45, 7) is 0. The van der Waals surface area contributed by atoms with Crippen LogP contribution >= 0.6 is 0 Å². The van der Waals surface area contributed by atoms with E-state index in [1.54, 1.807) is 0 Å². The molecule has 14 aromatic rings. The molecule has 14 rings (SSSR count). The van der Waals surface area contributed by atoms with Crippen LogP contribution in [0.3, 0.4) is 0 Å². The van der Waals surface area contributed by atoms with Crippen molar-refractivity contribution in [3.05, 3.63) is 231 Å². The fourth-order valence-corrected chi connectivity index (χ4v) is 10.7. The zero-order valence-electron chi connectivity index (χ0n) is 35.7. The van der Waals surface area contributed by atoms with Crippen LogP contribution in [0.4, 0.5) is 17.1 Å². The summed E-state index contributed by atoms with van der Waals surface area (Å²) < 4.78 is 15.9. The summed E-state index contributed by atoms with van der Waals surface area (Å²) >= 11 is 0. The number of nitrogens with zero attached hydrogens (tertiary/aromatic N) is 2. The van der Waals surface area contributed by atoms with E-state index in [9.17, 15) is 0 Å². The lowest BCUT2D eigenvalue weighted by Crippen LogP contribution is -2.13. The first kappa shape index (κ1) is 36.6. The molecule has 0 N–H and O–H groups in total. The minimum atomic E-state index is 0.841. The van der Waals surface area contributed by atoms with E-state index in [-0.39, 0.29) is 0 Å². The topological polar surface area (TPSA) is 34.5 Å². The zero-order chi connectivity index (χ0) is 43.3. The second-order valence-electron chi connectivity index (χ2n) is 17.1. The molecule has 0 spiro atoms. The van der Waals surface area contributed by atoms with Crippen molar-refractivity contribution in [3.63, 3.8) is 0 Å². The highest BCUT2D eigenvalue weighted by atomic mass is 16.3. The second-order valence-corrected chi connectivity index (χ2v) is 17.1. The van der Waals surface area contributed by atoms with Gasteiger partial charge in [0.1, 0.15) is 22.3 Å². The number of hydrogen-bond donors (Lipinski definition) is 0. The van der Waals surface area contributed by atoms with Crippen molar-refractivity contribution >= 4 is 104 Å². The van der Waals surface area contributed by atoms with Crippen LogP contribution in [-0.2, 0) is 0 Å². The van der Waals surface area contributed by atoms with Crippen molar-refractivity contribution < 1.29 is 8.83 Å². The van der Waals surface area contributed by atoms with Crippen LogP contribution in [0.5, 0.6) is 0 Å². The smallest absolute Gasteiger partial charge is 0.145 e. The molecular weight excluding hydrogens is 805 g/mol. The number of aromatic nitrogens is 1. The Morgan fingerprint density at radius 3 is 1.68 bits per heavy atom. The van der Waals surface area contributed by atoms with Crippen LogP contribution < -0.4 is 4.90 Å². The lowest BCUT2D eigenvalue weighted by molar-refractivity contribution is 0.669. The Hall–Kier alpha value is -8.86. The molecule has 0 unspecified atom stereocenters. The van der Waals surface area contributed by atoms with Crippen molar-refractivity contribution in [2.24, 2.45) is 0 Å². The average Bonchev–Trinajstić information content (AvgIpc) is 4.07. The quantitative estimate of drug-likeness (QED) is 0.156. The van der Waals surface area contributed by atoms with Gasteiger partial charge in [-0.05, 0) is 94.0 Å². The van der Waals surface area contributed by atoms with Gasteiger partial charge in [0, 0.05) is 54.5 Å². The average molecular weight is 843 g/mol. The van der Waals surface area contributed by atoms with Crippen molar-refractivity contribution in [1.29, 1.82) is 0 Å². The molecule has 0 aliphatic carbocycles. The van der Waals surface area contributed by atoms with Gasteiger partial charge in [-0.1, -0.05) is 164 Å². The summed E-state index contributed by atoms with van der Waals surface area (Å²) in [6, 6.07) is 82.8. The van der Waals surface area contributed by atoms with E-state index in [4.69, 9.17) is 8.83 Å². The van der Waals surface area contributed by atoms with Gasteiger partial charge in [-0.3, -0.25) is 0 Å². The summed E-state index contributed by atoms with van der Waals surface area (Å²) in [5.41, 5.74) is 14.2. The first-order valence-corrected chi connectivity index (χ1v) is 22.5. The van der Waals surface area contributed by atoms with E-state index in [1.807, 2.05) is 6.07 Å². The van der Waals surface area contributed by atoms with E-state index in [2.05, 4.69) is 234 Å². The number of hydrogen-bond acceptors (Lipinski definition) is 3. The van der Waals surface area contributed by atoms with Gasteiger partial charge in [0.25, 0.3) is 0 Å². The third-order valence-electron chi connectivity index (χ3n) is 13.6. The number of rotatable bonds is 6. The predicted molar refractivity (Wildman–Crippen MR) is 276 cm³/mol. The largest absolute Gasteiger partial charge is 0.456 e. The highest BCUT2D eigenvalue weighted by molar-refractivity contribution is 6.19. The lowest BCUT2D eigenvalue weighted by atomic mass is 9.93. The van der Waals surface area contributed by atoms with Crippen LogP contribution in [0.1, 0.15) is 0 Å². The Bertz CT molecular complexity index is 4190. The van der Waals surface area contributed by atoms with Gasteiger partial charge in [0.05, 0.1) is 28.1 Å². The van der Waals surface area contributed by atoms with E-state index in [0.717, 1.165) is 94.3 Å². The Labute approximate surface area is 379 Å². The molecule has 0 amide bonds. The molecule has 0 radical (unpaired) electrons. The van der Waals surface area contributed by atoms with Gasteiger partial charge in [-0.2, -0.15) is 0 Å². The Balaban J connectivity index is 1.08. The molecule has 11 aromatic carbocycles. The molecule has 0 bridgehead atoms. The minimum absolute atomic E-state index is 0.841.